The quantitative estimate of drug-likeness (QED) is 0.692. The minimum Gasteiger partial charge on any atom is -0.289 e. The molecule has 0 saturated heterocycles. The molecule has 1 atom stereocenters. The summed E-state index contributed by atoms with van der Waals surface area (Å²) in [6.07, 6.45) is 2.04. The third-order valence-corrected chi connectivity index (χ3v) is 2.92. The lowest BCUT2D eigenvalue weighted by atomic mass is 10.1. The Morgan fingerprint density at radius 3 is 2.12 bits per heavy atom. The molecule has 0 N–H and O–H groups in total. The topological polar surface area (TPSA) is 20.3 Å². The molecule has 0 saturated carbocycles. The minimum atomic E-state index is -0.308. The first kappa shape index (κ1) is 14.2. The number of hydrogen-bond acceptors (Lipinski definition) is 2. The van der Waals surface area contributed by atoms with Crippen molar-refractivity contribution >= 4 is 16.8 Å². The summed E-state index contributed by atoms with van der Waals surface area (Å²) in [5, 5.41) is -0.293. The number of nitrogens with zero attached hydrogens (tertiary/aromatic N) is 1. The predicted octanol–water partition coefficient (Wildman–Crippen LogP) is 3.62. The molecule has 0 bridgehead atoms. The molecule has 0 aromatic heterocycles. The molecular weight excluding hydrogens is 234 g/mol. The zero-order chi connectivity index (χ0) is 12.7. The molecule has 0 spiro atoms. The van der Waals surface area contributed by atoms with Crippen molar-refractivity contribution in [2.75, 3.05) is 13.1 Å². The molecule has 3 heteroatoms. The van der Waals surface area contributed by atoms with E-state index in [1.54, 1.807) is 0 Å². The average Bonchev–Trinajstić information content (AvgIpc) is 2.31. The van der Waals surface area contributed by atoms with Crippen LogP contribution in [0.1, 0.15) is 38.3 Å². The van der Waals surface area contributed by atoms with E-state index in [2.05, 4.69) is 18.7 Å². The maximum Gasteiger partial charge on any atom is 0.243 e. The number of halogens is 1. The Morgan fingerprint density at radius 1 is 1.18 bits per heavy atom. The van der Waals surface area contributed by atoms with Crippen molar-refractivity contribution in [1.29, 1.82) is 0 Å². The van der Waals surface area contributed by atoms with Crippen molar-refractivity contribution < 1.29 is 4.79 Å². The number of carbonyl (C=O) groups is 1. The Morgan fingerprint density at radius 2 is 1.71 bits per heavy atom. The van der Waals surface area contributed by atoms with Crippen LogP contribution in [0.5, 0.6) is 0 Å². The van der Waals surface area contributed by atoms with Crippen LogP contribution >= 0.6 is 11.6 Å². The maximum absolute atomic E-state index is 11.7. The van der Waals surface area contributed by atoms with E-state index in [1.807, 2.05) is 30.3 Å². The van der Waals surface area contributed by atoms with Crippen molar-refractivity contribution in [3.05, 3.63) is 35.9 Å². The lowest BCUT2D eigenvalue weighted by Gasteiger charge is -2.28. The summed E-state index contributed by atoms with van der Waals surface area (Å²) in [6, 6.07) is 9.45. The minimum absolute atomic E-state index is 0.293. The van der Waals surface area contributed by atoms with E-state index in [4.69, 9.17) is 11.6 Å². The predicted molar refractivity (Wildman–Crippen MR) is 72.2 cm³/mol. The van der Waals surface area contributed by atoms with Gasteiger partial charge in [-0.25, -0.2) is 0 Å². The number of benzene rings is 1. The van der Waals surface area contributed by atoms with Crippen LogP contribution in [0.2, 0.25) is 0 Å². The molecule has 0 radical (unpaired) electrons. The van der Waals surface area contributed by atoms with Gasteiger partial charge in [-0.05, 0) is 43.1 Å². The van der Waals surface area contributed by atoms with E-state index in [9.17, 15) is 4.79 Å². The van der Waals surface area contributed by atoms with Crippen LogP contribution < -0.4 is 0 Å². The molecule has 0 aliphatic carbocycles. The summed E-state index contributed by atoms with van der Waals surface area (Å²) >= 11 is 5.76. The largest absolute Gasteiger partial charge is 0.289 e. The summed E-state index contributed by atoms with van der Waals surface area (Å²) in [5.74, 6) is 0. The Kier molecular flexibility index (Phi) is 6.23. The number of hydrogen-bond donors (Lipinski definition) is 0. The van der Waals surface area contributed by atoms with E-state index in [-0.39, 0.29) is 11.3 Å². The lowest BCUT2D eigenvalue weighted by Crippen LogP contribution is -2.33. The van der Waals surface area contributed by atoms with Crippen molar-refractivity contribution in [2.45, 2.75) is 32.7 Å². The molecule has 1 aromatic carbocycles. The zero-order valence-corrected chi connectivity index (χ0v) is 11.3. The molecule has 2 nitrogen and oxygen atoms in total. The fourth-order valence-electron chi connectivity index (χ4n) is 2.07. The van der Waals surface area contributed by atoms with Gasteiger partial charge in [0.15, 0.2) is 0 Å². The fourth-order valence-corrected chi connectivity index (χ4v) is 2.33. The van der Waals surface area contributed by atoms with Crippen LogP contribution in [0.3, 0.4) is 0 Å². The Balaban J connectivity index is 2.94. The highest BCUT2D eigenvalue weighted by Crippen LogP contribution is 2.23. The molecule has 0 aliphatic rings. The van der Waals surface area contributed by atoms with Gasteiger partial charge < -0.3 is 0 Å². The molecule has 17 heavy (non-hydrogen) atoms. The Labute approximate surface area is 109 Å². The van der Waals surface area contributed by atoms with Crippen LogP contribution in [-0.4, -0.2) is 23.2 Å². The molecule has 1 unspecified atom stereocenters. The van der Waals surface area contributed by atoms with E-state index >= 15 is 0 Å². The van der Waals surface area contributed by atoms with Gasteiger partial charge in [0.05, 0.1) is 0 Å². The van der Waals surface area contributed by atoms with Gasteiger partial charge in [0, 0.05) is 0 Å². The second kappa shape index (κ2) is 7.46. The van der Waals surface area contributed by atoms with Gasteiger partial charge in [0.2, 0.25) is 5.24 Å². The van der Waals surface area contributed by atoms with Gasteiger partial charge in [-0.2, -0.15) is 0 Å². The molecule has 0 heterocycles. The highest BCUT2D eigenvalue weighted by atomic mass is 35.5. The first-order valence-corrected chi connectivity index (χ1v) is 6.56. The van der Waals surface area contributed by atoms with Gasteiger partial charge in [-0.1, -0.05) is 44.2 Å². The van der Waals surface area contributed by atoms with E-state index in [0.717, 1.165) is 31.5 Å². The summed E-state index contributed by atoms with van der Waals surface area (Å²) < 4.78 is 0. The highest BCUT2D eigenvalue weighted by Gasteiger charge is 2.24. The highest BCUT2D eigenvalue weighted by molar-refractivity contribution is 6.64. The third kappa shape index (κ3) is 4.14. The van der Waals surface area contributed by atoms with Crippen LogP contribution in [0, 0.1) is 0 Å². The van der Waals surface area contributed by atoms with Crippen molar-refractivity contribution in [2.24, 2.45) is 0 Å². The molecule has 1 rings (SSSR count). The first-order chi connectivity index (χ1) is 8.20. The van der Waals surface area contributed by atoms with Crippen LogP contribution in [0.15, 0.2) is 30.3 Å². The standard InChI is InChI=1S/C14H20ClNO/c1-3-10-16(11-4-2)13(14(15)17)12-8-6-5-7-9-12/h5-9,13H,3-4,10-11H2,1-2H3. The van der Waals surface area contributed by atoms with Crippen molar-refractivity contribution in [3.8, 4) is 0 Å². The summed E-state index contributed by atoms with van der Waals surface area (Å²) in [4.78, 5) is 13.8. The van der Waals surface area contributed by atoms with Crippen LogP contribution in [0.4, 0.5) is 0 Å². The summed E-state index contributed by atoms with van der Waals surface area (Å²) in [5.41, 5.74) is 0.981. The number of rotatable bonds is 7. The molecular formula is C14H20ClNO. The van der Waals surface area contributed by atoms with Gasteiger partial charge >= 0.3 is 0 Å². The van der Waals surface area contributed by atoms with E-state index in [1.165, 1.54) is 0 Å². The number of carbonyl (C=O) groups excluding carboxylic acids is 1. The van der Waals surface area contributed by atoms with Crippen molar-refractivity contribution in [1.82, 2.24) is 4.90 Å². The van der Waals surface area contributed by atoms with E-state index < -0.39 is 0 Å². The Bertz CT molecular complexity index is 333. The second-order valence-electron chi connectivity index (χ2n) is 4.15. The molecule has 0 amide bonds. The molecule has 0 aliphatic heterocycles. The van der Waals surface area contributed by atoms with Crippen LogP contribution in [0.25, 0.3) is 0 Å². The monoisotopic (exact) mass is 253 g/mol. The average molecular weight is 254 g/mol. The smallest absolute Gasteiger partial charge is 0.243 e. The van der Waals surface area contributed by atoms with Crippen molar-refractivity contribution in [3.63, 3.8) is 0 Å². The lowest BCUT2D eigenvalue weighted by molar-refractivity contribution is -0.116. The molecule has 1 aromatic rings. The Hall–Kier alpha value is -0.860. The normalized spacial score (nSPS) is 12.7. The SMILES string of the molecule is CCCN(CCC)C(C(=O)Cl)c1ccccc1. The first-order valence-electron chi connectivity index (χ1n) is 6.19. The van der Waals surface area contributed by atoms with Gasteiger partial charge in [-0.3, -0.25) is 9.69 Å². The van der Waals surface area contributed by atoms with Gasteiger partial charge in [-0.15, -0.1) is 0 Å². The maximum atomic E-state index is 11.7. The second-order valence-corrected chi connectivity index (χ2v) is 4.53. The van der Waals surface area contributed by atoms with E-state index in [0.29, 0.717) is 0 Å². The fraction of sp³-hybridized carbons (Fsp3) is 0.500. The summed E-state index contributed by atoms with van der Waals surface area (Å²) in [6.45, 7) is 6.02. The summed E-state index contributed by atoms with van der Waals surface area (Å²) in [7, 11) is 0. The zero-order valence-electron chi connectivity index (χ0n) is 10.5. The van der Waals surface area contributed by atoms with Crippen LogP contribution in [-0.2, 0) is 4.79 Å². The molecule has 0 fully saturated rings. The molecule has 94 valence electrons. The third-order valence-electron chi connectivity index (χ3n) is 2.72. The van der Waals surface area contributed by atoms with Gasteiger partial charge in [0.25, 0.3) is 0 Å². The van der Waals surface area contributed by atoms with Gasteiger partial charge in [0.1, 0.15) is 6.04 Å².